The molecule has 0 radical (unpaired) electrons. The van der Waals surface area contributed by atoms with E-state index < -0.39 is 0 Å². The number of carbonyl (C=O) groups is 2. The van der Waals surface area contributed by atoms with E-state index in [0.29, 0.717) is 36.6 Å². The van der Waals surface area contributed by atoms with Crippen LogP contribution in [0, 0.1) is 13.8 Å². The Balaban J connectivity index is 1.75. The highest BCUT2D eigenvalue weighted by Gasteiger charge is 2.43. The maximum Gasteiger partial charge on any atom is 0.282 e. The number of rotatable bonds is 6. The minimum absolute atomic E-state index is 0.120. The van der Waals surface area contributed by atoms with Gasteiger partial charge >= 0.3 is 0 Å². The number of piperazine rings is 1. The second-order valence-electron chi connectivity index (χ2n) is 8.56. The normalized spacial score (nSPS) is 17.6. The van der Waals surface area contributed by atoms with Crippen molar-refractivity contribution >= 4 is 23.1 Å². The van der Waals surface area contributed by atoms with Gasteiger partial charge in [-0.1, -0.05) is 42.8 Å². The fourth-order valence-electron chi connectivity index (χ4n) is 4.60. The maximum atomic E-state index is 13.7. The zero-order valence-electron chi connectivity index (χ0n) is 19.1. The molecule has 0 atom stereocenters. The van der Waals surface area contributed by atoms with Gasteiger partial charge in [0, 0.05) is 32.7 Å². The van der Waals surface area contributed by atoms with Crippen LogP contribution in [-0.2, 0) is 16.0 Å². The number of β-amino-alcohol motifs (C(OH)–C–C–N with tert-alkyl or cyclic N) is 1. The monoisotopic (exact) mass is 433 g/mol. The summed E-state index contributed by atoms with van der Waals surface area (Å²) in [6.07, 6.45) is 0.900. The third-order valence-corrected chi connectivity index (χ3v) is 6.42. The molecule has 2 aromatic rings. The number of aryl methyl sites for hydroxylation is 3. The van der Waals surface area contributed by atoms with Gasteiger partial charge in [0.15, 0.2) is 0 Å². The lowest BCUT2D eigenvalue weighted by molar-refractivity contribution is -0.120. The number of imide groups is 1. The van der Waals surface area contributed by atoms with Crippen molar-refractivity contribution in [3.8, 4) is 0 Å². The van der Waals surface area contributed by atoms with Gasteiger partial charge in [0.05, 0.1) is 17.9 Å². The van der Waals surface area contributed by atoms with Gasteiger partial charge in [-0.25, -0.2) is 4.90 Å². The fourth-order valence-corrected chi connectivity index (χ4v) is 4.60. The third kappa shape index (κ3) is 4.08. The molecule has 2 heterocycles. The zero-order chi connectivity index (χ0) is 22.8. The van der Waals surface area contributed by atoms with E-state index in [0.717, 1.165) is 41.8 Å². The minimum Gasteiger partial charge on any atom is -0.395 e. The van der Waals surface area contributed by atoms with Gasteiger partial charge < -0.3 is 10.0 Å². The first-order valence-electron chi connectivity index (χ1n) is 11.3. The van der Waals surface area contributed by atoms with Gasteiger partial charge in [0.1, 0.15) is 5.70 Å². The van der Waals surface area contributed by atoms with Crippen LogP contribution in [-0.4, -0.2) is 66.1 Å². The second-order valence-corrected chi connectivity index (χ2v) is 8.56. The van der Waals surface area contributed by atoms with Gasteiger partial charge in [0.2, 0.25) is 0 Å². The van der Waals surface area contributed by atoms with Crippen molar-refractivity contribution in [1.82, 2.24) is 9.80 Å². The van der Waals surface area contributed by atoms with E-state index in [2.05, 4.69) is 17.9 Å². The minimum atomic E-state index is -0.265. The summed E-state index contributed by atoms with van der Waals surface area (Å²) < 4.78 is 0. The predicted molar refractivity (Wildman–Crippen MR) is 126 cm³/mol. The molecular formula is C26H31N3O3. The molecule has 1 fully saturated rings. The molecule has 0 aliphatic carbocycles. The lowest BCUT2D eigenvalue weighted by atomic mass is 9.97. The Bertz CT molecular complexity index is 1050. The van der Waals surface area contributed by atoms with E-state index in [4.69, 9.17) is 0 Å². The Labute approximate surface area is 189 Å². The molecule has 168 valence electrons. The van der Waals surface area contributed by atoms with E-state index in [1.165, 1.54) is 4.90 Å². The highest BCUT2D eigenvalue weighted by molar-refractivity contribution is 6.45. The number of benzene rings is 2. The molecule has 6 nitrogen and oxygen atoms in total. The molecule has 0 bridgehead atoms. The molecule has 4 rings (SSSR count). The first-order valence-corrected chi connectivity index (χ1v) is 11.3. The number of carbonyl (C=O) groups excluding carboxylic acids is 2. The summed E-state index contributed by atoms with van der Waals surface area (Å²) >= 11 is 0. The Morgan fingerprint density at radius 2 is 1.59 bits per heavy atom. The Morgan fingerprint density at radius 3 is 2.19 bits per heavy atom. The Kier molecular flexibility index (Phi) is 6.44. The first-order chi connectivity index (χ1) is 15.4. The van der Waals surface area contributed by atoms with Crippen LogP contribution >= 0.6 is 0 Å². The number of anilines is 1. The van der Waals surface area contributed by atoms with Gasteiger partial charge in [0.25, 0.3) is 11.8 Å². The molecule has 0 unspecified atom stereocenters. The lowest BCUT2D eigenvalue weighted by Gasteiger charge is -2.36. The van der Waals surface area contributed by atoms with Crippen LogP contribution < -0.4 is 4.90 Å². The zero-order valence-corrected chi connectivity index (χ0v) is 19.1. The van der Waals surface area contributed by atoms with Crippen molar-refractivity contribution in [2.75, 3.05) is 44.2 Å². The summed E-state index contributed by atoms with van der Waals surface area (Å²) in [6, 6.07) is 13.7. The van der Waals surface area contributed by atoms with Crippen molar-refractivity contribution in [3.05, 3.63) is 70.4 Å². The van der Waals surface area contributed by atoms with Gasteiger partial charge in [-0.3, -0.25) is 14.5 Å². The molecule has 32 heavy (non-hydrogen) atoms. The summed E-state index contributed by atoms with van der Waals surface area (Å²) in [5.74, 6) is -0.524. The number of nitrogens with zero attached hydrogens (tertiary/aromatic N) is 3. The highest BCUT2D eigenvalue weighted by atomic mass is 16.3. The third-order valence-electron chi connectivity index (χ3n) is 6.42. The summed E-state index contributed by atoms with van der Waals surface area (Å²) in [5.41, 5.74) is 5.67. The molecule has 2 aromatic carbocycles. The Morgan fingerprint density at radius 1 is 0.906 bits per heavy atom. The van der Waals surface area contributed by atoms with Crippen molar-refractivity contribution in [3.63, 3.8) is 0 Å². The van der Waals surface area contributed by atoms with Crippen LogP contribution in [0.15, 0.2) is 48.2 Å². The molecule has 1 N–H and O–H groups in total. The number of hydrogen-bond donors (Lipinski definition) is 1. The van der Waals surface area contributed by atoms with E-state index in [1.807, 2.05) is 55.1 Å². The fraction of sp³-hybridized carbons (Fsp3) is 0.385. The van der Waals surface area contributed by atoms with E-state index in [9.17, 15) is 14.7 Å². The molecule has 2 aliphatic rings. The topological polar surface area (TPSA) is 64.1 Å². The number of amides is 2. The van der Waals surface area contributed by atoms with Gasteiger partial charge in [-0.2, -0.15) is 0 Å². The predicted octanol–water partition coefficient (Wildman–Crippen LogP) is 2.76. The highest BCUT2D eigenvalue weighted by Crippen LogP contribution is 2.36. The molecule has 0 spiro atoms. The van der Waals surface area contributed by atoms with Crippen LogP contribution in [0.3, 0.4) is 0 Å². The van der Waals surface area contributed by atoms with Crippen molar-refractivity contribution in [2.24, 2.45) is 0 Å². The van der Waals surface area contributed by atoms with Gasteiger partial charge in [-0.05, 0) is 49.1 Å². The standard InChI is InChI=1S/C26H31N3O3/c1-4-20-6-8-21(9-7-20)29-25(31)23(22-10-5-18(2)17-19(22)3)24(26(29)32)28-13-11-27(12-14-28)15-16-30/h5-10,17,30H,4,11-16H2,1-3H3. The summed E-state index contributed by atoms with van der Waals surface area (Å²) in [4.78, 5) is 32.9. The molecule has 2 amide bonds. The van der Waals surface area contributed by atoms with Crippen molar-refractivity contribution < 1.29 is 14.7 Å². The number of aliphatic hydroxyl groups is 1. The summed E-state index contributed by atoms with van der Waals surface area (Å²) in [7, 11) is 0. The second kappa shape index (κ2) is 9.27. The van der Waals surface area contributed by atoms with E-state index >= 15 is 0 Å². The summed E-state index contributed by atoms with van der Waals surface area (Å²) in [5, 5.41) is 9.24. The maximum absolute atomic E-state index is 13.7. The number of aliphatic hydroxyl groups excluding tert-OH is 1. The average molecular weight is 434 g/mol. The van der Waals surface area contributed by atoms with Crippen LogP contribution in [0.2, 0.25) is 0 Å². The molecule has 6 heteroatoms. The van der Waals surface area contributed by atoms with E-state index in [-0.39, 0.29) is 18.4 Å². The molecule has 1 saturated heterocycles. The molecular weight excluding hydrogens is 402 g/mol. The van der Waals surface area contributed by atoms with Crippen molar-refractivity contribution in [2.45, 2.75) is 27.2 Å². The van der Waals surface area contributed by atoms with Crippen molar-refractivity contribution in [1.29, 1.82) is 0 Å². The largest absolute Gasteiger partial charge is 0.395 e. The van der Waals surface area contributed by atoms with Crippen LogP contribution in [0.25, 0.3) is 5.57 Å². The van der Waals surface area contributed by atoms with Crippen LogP contribution in [0.1, 0.15) is 29.2 Å². The molecule has 0 aromatic heterocycles. The number of hydrogen-bond acceptors (Lipinski definition) is 5. The Hall–Kier alpha value is -2.96. The van der Waals surface area contributed by atoms with Gasteiger partial charge in [-0.15, -0.1) is 0 Å². The smallest absolute Gasteiger partial charge is 0.282 e. The van der Waals surface area contributed by atoms with E-state index in [1.54, 1.807) is 0 Å². The SMILES string of the molecule is CCc1ccc(N2C(=O)C(c3ccc(C)cc3C)=C(N3CCN(CCO)CC3)C2=O)cc1. The molecule has 2 aliphatic heterocycles. The first kappa shape index (κ1) is 22.2. The summed E-state index contributed by atoms with van der Waals surface area (Å²) in [6.45, 7) is 9.62. The van der Waals surface area contributed by atoms with Crippen LogP contribution in [0.4, 0.5) is 5.69 Å². The average Bonchev–Trinajstić information content (AvgIpc) is 3.04. The molecule has 0 saturated carbocycles. The quantitative estimate of drug-likeness (QED) is 0.710. The van der Waals surface area contributed by atoms with Crippen LogP contribution in [0.5, 0.6) is 0 Å². The lowest BCUT2D eigenvalue weighted by Crippen LogP contribution is -2.48.